The van der Waals surface area contributed by atoms with Gasteiger partial charge in [0.15, 0.2) is 0 Å². The number of unbranched alkanes of at least 4 members (excludes halogenated alkanes) is 2. The van der Waals surface area contributed by atoms with Gasteiger partial charge < -0.3 is 5.11 Å². The highest BCUT2D eigenvalue weighted by molar-refractivity contribution is 6.20. The van der Waals surface area contributed by atoms with E-state index in [2.05, 4.69) is 6.92 Å². The van der Waals surface area contributed by atoms with Crippen LogP contribution in [0.3, 0.4) is 0 Å². The molecule has 0 aliphatic rings. The van der Waals surface area contributed by atoms with Gasteiger partial charge in [-0.15, -0.1) is 11.6 Å². The van der Waals surface area contributed by atoms with Crippen molar-refractivity contribution in [2.45, 2.75) is 57.2 Å². The molecule has 0 bridgehead atoms. The summed E-state index contributed by atoms with van der Waals surface area (Å²) in [6.45, 7) is 2.15. The van der Waals surface area contributed by atoms with E-state index < -0.39 is 5.97 Å². The van der Waals surface area contributed by atoms with Gasteiger partial charge in [0.1, 0.15) is 0 Å². The zero-order chi connectivity index (χ0) is 10.1. The second kappa shape index (κ2) is 8.36. The van der Waals surface area contributed by atoms with Crippen molar-refractivity contribution < 1.29 is 9.90 Å². The average Bonchev–Trinajstić information content (AvgIpc) is 2.08. The van der Waals surface area contributed by atoms with Crippen molar-refractivity contribution in [1.29, 1.82) is 0 Å². The van der Waals surface area contributed by atoms with E-state index in [1.807, 2.05) is 0 Å². The van der Waals surface area contributed by atoms with Crippen LogP contribution in [-0.2, 0) is 4.79 Å². The van der Waals surface area contributed by atoms with Crippen molar-refractivity contribution in [1.82, 2.24) is 0 Å². The van der Waals surface area contributed by atoms with Gasteiger partial charge >= 0.3 is 5.97 Å². The summed E-state index contributed by atoms with van der Waals surface area (Å²) >= 11 is 6.03. The Hall–Kier alpha value is -0.240. The molecular formula is C10H19ClO2. The van der Waals surface area contributed by atoms with Gasteiger partial charge in [-0.25, -0.2) is 0 Å². The van der Waals surface area contributed by atoms with Gasteiger partial charge in [-0.1, -0.05) is 26.2 Å². The Morgan fingerprint density at radius 2 is 1.92 bits per heavy atom. The number of halogens is 1. The van der Waals surface area contributed by atoms with Crippen LogP contribution in [0.25, 0.3) is 0 Å². The van der Waals surface area contributed by atoms with E-state index in [-0.39, 0.29) is 11.8 Å². The summed E-state index contributed by atoms with van der Waals surface area (Å²) in [6, 6.07) is 0. The van der Waals surface area contributed by atoms with E-state index >= 15 is 0 Å². The molecule has 0 amide bonds. The lowest BCUT2D eigenvalue weighted by Gasteiger charge is -2.07. The van der Waals surface area contributed by atoms with E-state index in [0.717, 1.165) is 25.7 Å². The monoisotopic (exact) mass is 206 g/mol. The zero-order valence-electron chi connectivity index (χ0n) is 8.26. The molecule has 0 aliphatic heterocycles. The summed E-state index contributed by atoms with van der Waals surface area (Å²) < 4.78 is 0. The van der Waals surface area contributed by atoms with E-state index in [9.17, 15) is 4.79 Å². The van der Waals surface area contributed by atoms with Crippen LogP contribution in [0, 0.1) is 0 Å². The maximum Gasteiger partial charge on any atom is 0.303 e. The summed E-state index contributed by atoms with van der Waals surface area (Å²) in [5.41, 5.74) is 0. The van der Waals surface area contributed by atoms with Crippen molar-refractivity contribution >= 4 is 17.6 Å². The van der Waals surface area contributed by atoms with Crippen molar-refractivity contribution in [2.24, 2.45) is 0 Å². The predicted molar refractivity (Wildman–Crippen MR) is 55.3 cm³/mol. The zero-order valence-corrected chi connectivity index (χ0v) is 9.02. The van der Waals surface area contributed by atoms with Crippen LogP contribution >= 0.6 is 11.6 Å². The number of carboxylic acid groups (broad SMARTS) is 1. The van der Waals surface area contributed by atoms with Gasteiger partial charge in [-0.3, -0.25) is 4.79 Å². The molecule has 0 fully saturated rings. The van der Waals surface area contributed by atoms with E-state index in [0.29, 0.717) is 0 Å². The lowest BCUT2D eigenvalue weighted by molar-refractivity contribution is -0.137. The molecule has 0 spiro atoms. The first-order valence-electron chi connectivity index (χ1n) is 5.02. The number of carbonyl (C=O) groups is 1. The second-order valence-corrected chi connectivity index (χ2v) is 4.00. The second-order valence-electron chi connectivity index (χ2n) is 3.38. The molecule has 0 radical (unpaired) electrons. The predicted octanol–water partition coefficient (Wildman–Crippen LogP) is 3.43. The fraction of sp³-hybridized carbons (Fsp3) is 0.900. The van der Waals surface area contributed by atoms with Gasteiger partial charge in [0.2, 0.25) is 0 Å². The van der Waals surface area contributed by atoms with Crippen molar-refractivity contribution in [2.75, 3.05) is 0 Å². The number of hydrogen-bond donors (Lipinski definition) is 1. The molecule has 0 aromatic heterocycles. The molecule has 13 heavy (non-hydrogen) atoms. The quantitative estimate of drug-likeness (QED) is 0.488. The summed E-state index contributed by atoms with van der Waals surface area (Å²) in [7, 11) is 0. The molecule has 0 saturated heterocycles. The van der Waals surface area contributed by atoms with Crippen LogP contribution in [0.15, 0.2) is 0 Å². The summed E-state index contributed by atoms with van der Waals surface area (Å²) in [6.07, 6.45) is 6.33. The molecule has 2 nitrogen and oxygen atoms in total. The minimum Gasteiger partial charge on any atom is -0.481 e. The molecule has 0 rings (SSSR count). The van der Waals surface area contributed by atoms with E-state index in [4.69, 9.17) is 16.7 Å². The maximum atomic E-state index is 10.2. The fourth-order valence-electron chi connectivity index (χ4n) is 1.21. The van der Waals surface area contributed by atoms with Gasteiger partial charge in [0, 0.05) is 11.8 Å². The fourth-order valence-corrected chi connectivity index (χ4v) is 1.52. The van der Waals surface area contributed by atoms with Crippen molar-refractivity contribution in [3.63, 3.8) is 0 Å². The molecular weight excluding hydrogens is 188 g/mol. The summed E-state index contributed by atoms with van der Waals surface area (Å²) in [4.78, 5) is 10.2. The number of aliphatic carboxylic acids is 1. The minimum absolute atomic E-state index is 0.244. The van der Waals surface area contributed by atoms with Crippen molar-refractivity contribution in [3.05, 3.63) is 0 Å². The lowest BCUT2D eigenvalue weighted by atomic mass is 10.1. The van der Waals surface area contributed by atoms with Crippen LogP contribution in [0.1, 0.15) is 51.9 Å². The topological polar surface area (TPSA) is 37.3 Å². The SMILES string of the molecule is CCCCC(Cl)CCCCC(=O)O. The lowest BCUT2D eigenvalue weighted by Crippen LogP contribution is -1.99. The van der Waals surface area contributed by atoms with Gasteiger partial charge in [-0.2, -0.15) is 0 Å². The first-order chi connectivity index (χ1) is 6.16. The first kappa shape index (κ1) is 12.8. The Bertz CT molecular complexity index is 137. The largest absolute Gasteiger partial charge is 0.481 e. The summed E-state index contributed by atoms with van der Waals surface area (Å²) in [5.74, 6) is -0.709. The Morgan fingerprint density at radius 3 is 2.46 bits per heavy atom. The van der Waals surface area contributed by atoms with E-state index in [1.54, 1.807) is 0 Å². The van der Waals surface area contributed by atoms with Crippen LogP contribution < -0.4 is 0 Å². The van der Waals surface area contributed by atoms with Gasteiger partial charge in [0.05, 0.1) is 0 Å². The highest BCUT2D eigenvalue weighted by Gasteiger charge is 2.04. The molecule has 0 heterocycles. The van der Waals surface area contributed by atoms with Gasteiger partial charge in [-0.05, 0) is 19.3 Å². The first-order valence-corrected chi connectivity index (χ1v) is 5.46. The van der Waals surface area contributed by atoms with Crippen LogP contribution in [0.5, 0.6) is 0 Å². The van der Waals surface area contributed by atoms with Crippen molar-refractivity contribution in [3.8, 4) is 0 Å². The third-order valence-corrected chi connectivity index (χ3v) is 2.47. The molecule has 0 aromatic rings. The normalized spacial score (nSPS) is 12.8. The minimum atomic E-state index is -0.709. The molecule has 1 N–H and O–H groups in total. The van der Waals surface area contributed by atoms with Crippen LogP contribution in [-0.4, -0.2) is 16.5 Å². The van der Waals surface area contributed by atoms with E-state index in [1.165, 1.54) is 12.8 Å². The third-order valence-electron chi connectivity index (χ3n) is 2.03. The number of alkyl halides is 1. The molecule has 0 aromatic carbocycles. The molecule has 78 valence electrons. The smallest absolute Gasteiger partial charge is 0.303 e. The van der Waals surface area contributed by atoms with Crippen LogP contribution in [0.4, 0.5) is 0 Å². The van der Waals surface area contributed by atoms with Crippen LogP contribution in [0.2, 0.25) is 0 Å². The molecule has 1 atom stereocenters. The Morgan fingerprint density at radius 1 is 1.31 bits per heavy atom. The Labute approximate surface area is 85.3 Å². The Kier molecular flexibility index (Phi) is 8.21. The number of hydrogen-bond acceptors (Lipinski definition) is 1. The highest BCUT2D eigenvalue weighted by Crippen LogP contribution is 2.15. The average molecular weight is 207 g/mol. The third kappa shape index (κ3) is 9.68. The number of rotatable bonds is 8. The summed E-state index contributed by atoms with van der Waals surface area (Å²) in [5, 5.41) is 8.63. The maximum absolute atomic E-state index is 10.2. The standard InChI is InChI=1S/C10H19ClO2/c1-2-3-6-9(11)7-4-5-8-10(12)13/h9H,2-8H2,1H3,(H,12,13). The Balaban J connectivity index is 3.16. The number of carboxylic acids is 1. The molecule has 1 unspecified atom stereocenters. The highest BCUT2D eigenvalue weighted by atomic mass is 35.5. The van der Waals surface area contributed by atoms with Gasteiger partial charge in [0.25, 0.3) is 0 Å². The molecule has 0 saturated carbocycles. The molecule has 3 heteroatoms. The molecule has 0 aliphatic carbocycles.